The molecule has 16 rings (SSSR count). The lowest BCUT2D eigenvalue weighted by atomic mass is 9.35. The van der Waals surface area contributed by atoms with E-state index in [1.165, 1.54) is 59.8 Å². The lowest BCUT2D eigenvalue weighted by Gasteiger charge is -2.34. The minimum absolute atomic E-state index is 0.127. The van der Waals surface area contributed by atoms with Crippen LogP contribution in [0.25, 0.3) is 110 Å². The minimum Gasteiger partial charge on any atom is -0.458 e. The monoisotopic (exact) mass is 928 g/mol. The van der Waals surface area contributed by atoms with Gasteiger partial charge in [0.2, 0.25) is 0 Å². The predicted molar refractivity (Wildman–Crippen MR) is 304 cm³/mol. The van der Waals surface area contributed by atoms with Gasteiger partial charge >= 0.3 is 0 Å². The molecule has 2 aliphatic heterocycles. The lowest BCUT2D eigenvalue weighted by Crippen LogP contribution is -2.57. The summed E-state index contributed by atoms with van der Waals surface area (Å²) in [6.07, 6.45) is 0. The Hall–Kier alpha value is -9.58. The second-order valence-electron chi connectivity index (χ2n) is 19.5. The van der Waals surface area contributed by atoms with E-state index in [0.29, 0.717) is 0 Å². The summed E-state index contributed by atoms with van der Waals surface area (Å²) in [6.45, 7) is -0.127. The van der Waals surface area contributed by atoms with Crippen molar-refractivity contribution >= 4 is 88.3 Å². The quantitative estimate of drug-likeness (QED) is 0.127. The third kappa shape index (κ3) is 5.91. The van der Waals surface area contributed by atoms with E-state index in [1.54, 1.807) is 0 Å². The molecule has 0 amide bonds. The molecule has 0 spiro atoms. The first kappa shape index (κ1) is 40.2. The van der Waals surface area contributed by atoms with Crippen LogP contribution in [0, 0.1) is 0 Å². The number of benzene rings is 12. The summed E-state index contributed by atoms with van der Waals surface area (Å²) in [5, 5.41) is 9.81. The maximum atomic E-state index is 7.23. The van der Waals surface area contributed by atoms with Crippen molar-refractivity contribution in [3.05, 3.63) is 249 Å². The molecule has 0 aliphatic carbocycles. The Bertz CT molecular complexity index is 4290. The van der Waals surface area contributed by atoms with E-state index >= 15 is 0 Å². The van der Waals surface area contributed by atoms with Crippen molar-refractivity contribution < 1.29 is 9.47 Å². The van der Waals surface area contributed by atoms with E-state index in [-0.39, 0.29) is 6.71 Å². The van der Waals surface area contributed by atoms with Crippen LogP contribution in [0.2, 0.25) is 0 Å². The standard InChI is InChI=1S/C68H41BN2O2/c1-2-17-42(18-3-1)66-52-25-4-6-27-54(52)67(55-28-7-5-26-53(55)66)44-20-16-19-43(37-44)45-38-64-68-65(39-45)73-63-41-47(71-60-31-14-10-23-50(60)51-24-11-15-32-61(51)71)34-36-57(63)69(68)56-35-33-46(40-62(56)72-64)70-58-29-12-8-21-48(58)49-22-9-13-30-59(49)70/h1-41H. The summed E-state index contributed by atoms with van der Waals surface area (Å²) < 4.78 is 19.2. The first-order chi connectivity index (χ1) is 36.2. The smallest absolute Gasteiger partial charge is 0.260 e. The third-order valence-corrected chi connectivity index (χ3v) is 15.6. The van der Waals surface area contributed by atoms with Gasteiger partial charge in [0, 0.05) is 50.5 Å². The number of para-hydroxylation sites is 4. The van der Waals surface area contributed by atoms with Crippen LogP contribution in [0.3, 0.4) is 0 Å². The van der Waals surface area contributed by atoms with Crippen LogP contribution in [-0.2, 0) is 0 Å². The predicted octanol–water partition coefficient (Wildman–Crippen LogP) is 15.9. The Kier molecular flexibility index (Phi) is 8.51. The van der Waals surface area contributed by atoms with Gasteiger partial charge in [0.15, 0.2) is 0 Å². The van der Waals surface area contributed by atoms with Gasteiger partial charge < -0.3 is 18.6 Å². The Morgan fingerprint density at radius 1 is 0.260 bits per heavy atom. The fourth-order valence-corrected chi connectivity index (χ4v) is 12.5. The highest BCUT2D eigenvalue weighted by Crippen LogP contribution is 2.46. The molecule has 4 heterocycles. The molecule has 0 saturated heterocycles. The van der Waals surface area contributed by atoms with E-state index < -0.39 is 0 Å². The van der Waals surface area contributed by atoms with Crippen molar-refractivity contribution in [1.82, 2.24) is 9.13 Å². The maximum absolute atomic E-state index is 7.23. The number of hydrogen-bond donors (Lipinski definition) is 0. The fraction of sp³-hybridized carbons (Fsp3) is 0. The summed E-state index contributed by atoms with van der Waals surface area (Å²) in [5.74, 6) is 3.28. The summed E-state index contributed by atoms with van der Waals surface area (Å²) in [4.78, 5) is 0. The van der Waals surface area contributed by atoms with Crippen LogP contribution in [-0.4, -0.2) is 15.8 Å². The van der Waals surface area contributed by atoms with E-state index in [9.17, 15) is 0 Å². The van der Waals surface area contributed by atoms with Crippen molar-refractivity contribution in [2.24, 2.45) is 0 Å². The van der Waals surface area contributed by atoms with E-state index in [4.69, 9.17) is 9.47 Å². The van der Waals surface area contributed by atoms with Gasteiger partial charge in [0.25, 0.3) is 6.71 Å². The Morgan fingerprint density at radius 3 is 1.08 bits per heavy atom. The molecule has 0 radical (unpaired) electrons. The summed E-state index contributed by atoms with van der Waals surface area (Å²) in [7, 11) is 0. The molecule has 0 N–H and O–H groups in total. The zero-order valence-electron chi connectivity index (χ0n) is 39.5. The van der Waals surface area contributed by atoms with Gasteiger partial charge in [-0.25, -0.2) is 0 Å². The Labute approximate surface area is 421 Å². The SMILES string of the molecule is c1ccc(-c2c3ccccc3c(-c3cccc(-c4cc5c6c(c4)Oc4cc(-n7c8ccccc8c8ccccc87)ccc4B6c4ccc(-n6c7ccccc7c7ccccc76)cc4O5)c3)c3ccccc23)cc1. The molecule has 2 aromatic heterocycles. The lowest BCUT2D eigenvalue weighted by molar-refractivity contribution is 0.464. The van der Waals surface area contributed by atoms with Crippen molar-refractivity contribution in [2.45, 2.75) is 0 Å². The number of aromatic nitrogens is 2. The first-order valence-electron chi connectivity index (χ1n) is 25.1. The van der Waals surface area contributed by atoms with Crippen LogP contribution in [0.5, 0.6) is 23.0 Å². The molecular weight excluding hydrogens is 888 g/mol. The average Bonchev–Trinajstić information content (AvgIpc) is 3.97. The molecule has 2 aliphatic rings. The van der Waals surface area contributed by atoms with Crippen molar-refractivity contribution in [1.29, 1.82) is 0 Å². The van der Waals surface area contributed by atoms with Gasteiger partial charge in [0.1, 0.15) is 23.0 Å². The molecule has 0 bridgehead atoms. The highest BCUT2D eigenvalue weighted by atomic mass is 16.5. The van der Waals surface area contributed by atoms with Crippen LogP contribution in [0.1, 0.15) is 0 Å². The van der Waals surface area contributed by atoms with Crippen LogP contribution >= 0.6 is 0 Å². The number of nitrogens with zero attached hydrogens (tertiary/aromatic N) is 2. The highest BCUT2D eigenvalue weighted by Gasteiger charge is 2.41. The second kappa shape index (κ2) is 15.5. The molecule has 14 aromatic rings. The van der Waals surface area contributed by atoms with Gasteiger partial charge in [-0.1, -0.05) is 182 Å². The Balaban J connectivity index is 0.895. The number of ether oxygens (including phenoxy) is 2. The van der Waals surface area contributed by atoms with Gasteiger partial charge in [-0.3, -0.25) is 0 Å². The largest absolute Gasteiger partial charge is 0.458 e. The number of fused-ring (bicyclic) bond motifs is 12. The van der Waals surface area contributed by atoms with Crippen molar-refractivity contribution in [3.8, 4) is 67.8 Å². The van der Waals surface area contributed by atoms with Crippen molar-refractivity contribution in [3.63, 3.8) is 0 Å². The number of rotatable bonds is 5. The maximum Gasteiger partial charge on any atom is 0.260 e. The van der Waals surface area contributed by atoms with Gasteiger partial charge in [0.05, 0.1) is 22.1 Å². The highest BCUT2D eigenvalue weighted by molar-refractivity contribution is 6.98. The molecule has 0 unspecified atom stereocenters. The molecule has 4 nitrogen and oxygen atoms in total. The third-order valence-electron chi connectivity index (χ3n) is 15.6. The van der Waals surface area contributed by atoms with Crippen LogP contribution in [0.4, 0.5) is 0 Å². The molecular formula is C68H41BN2O2. The van der Waals surface area contributed by atoms with Crippen LogP contribution < -0.4 is 25.9 Å². The second-order valence-corrected chi connectivity index (χ2v) is 19.5. The normalized spacial score (nSPS) is 12.6. The molecule has 73 heavy (non-hydrogen) atoms. The minimum atomic E-state index is -0.127. The molecule has 0 fully saturated rings. The summed E-state index contributed by atoms with van der Waals surface area (Å²) >= 11 is 0. The molecule has 0 atom stereocenters. The molecule has 0 saturated carbocycles. The van der Waals surface area contributed by atoms with Gasteiger partial charge in [-0.2, -0.15) is 0 Å². The number of hydrogen-bond acceptors (Lipinski definition) is 2. The molecule has 12 aromatic carbocycles. The van der Waals surface area contributed by atoms with E-state index in [1.807, 2.05) is 0 Å². The average molecular weight is 929 g/mol. The summed E-state index contributed by atoms with van der Waals surface area (Å²) in [5.41, 5.74) is 17.0. The molecule has 5 heteroatoms. The molecule has 338 valence electrons. The van der Waals surface area contributed by atoms with Gasteiger partial charge in [-0.15, -0.1) is 0 Å². The first-order valence-corrected chi connectivity index (χ1v) is 25.1. The zero-order valence-corrected chi connectivity index (χ0v) is 39.5. The van der Waals surface area contributed by atoms with Crippen molar-refractivity contribution in [2.75, 3.05) is 0 Å². The summed E-state index contributed by atoms with van der Waals surface area (Å²) in [6, 6.07) is 90.2. The fourth-order valence-electron chi connectivity index (χ4n) is 12.5. The van der Waals surface area contributed by atoms with Gasteiger partial charge in [-0.05, 0) is 120 Å². The van der Waals surface area contributed by atoms with Crippen LogP contribution in [0.15, 0.2) is 249 Å². The topological polar surface area (TPSA) is 28.3 Å². The Morgan fingerprint density at radius 2 is 0.630 bits per heavy atom. The van der Waals surface area contributed by atoms with E-state index in [2.05, 4.69) is 258 Å². The van der Waals surface area contributed by atoms with E-state index in [0.717, 1.165) is 89.5 Å². The zero-order chi connectivity index (χ0) is 47.7.